The van der Waals surface area contributed by atoms with Crippen molar-refractivity contribution in [1.29, 1.82) is 0 Å². The Kier molecular flexibility index (Phi) is 8.39. The lowest BCUT2D eigenvalue weighted by Crippen LogP contribution is -2.80. The van der Waals surface area contributed by atoms with Crippen molar-refractivity contribution in [3.05, 3.63) is 11.8 Å². The number of epoxide rings is 1. The summed E-state index contributed by atoms with van der Waals surface area (Å²) in [6.07, 6.45) is -7.41. The monoisotopic (exact) mass is 760 g/mol. The van der Waals surface area contributed by atoms with Crippen LogP contribution in [0.3, 0.4) is 0 Å². The molecule has 2 aliphatic heterocycles. The second-order valence-corrected chi connectivity index (χ2v) is 17.2. The Balaban J connectivity index is 1.59. The van der Waals surface area contributed by atoms with E-state index in [1.807, 2.05) is 6.92 Å². The summed E-state index contributed by atoms with van der Waals surface area (Å²) in [4.78, 5) is 94.0. The summed E-state index contributed by atoms with van der Waals surface area (Å²) in [6, 6.07) is 0. The van der Waals surface area contributed by atoms with Crippen LogP contribution in [0.15, 0.2) is 11.8 Å². The third kappa shape index (κ3) is 4.68. The van der Waals surface area contributed by atoms with Crippen LogP contribution < -0.4 is 0 Å². The van der Waals surface area contributed by atoms with Crippen LogP contribution in [0.1, 0.15) is 75.7 Å². The molecule has 0 spiro atoms. The van der Waals surface area contributed by atoms with Crippen LogP contribution in [-0.4, -0.2) is 106 Å². The molecule has 296 valence electrons. The van der Waals surface area contributed by atoms with Crippen molar-refractivity contribution in [3.8, 4) is 0 Å². The summed E-state index contributed by atoms with van der Waals surface area (Å²) in [5.41, 5.74) is -9.51. The van der Waals surface area contributed by atoms with Crippen LogP contribution in [-0.2, 0) is 66.7 Å². The molecule has 2 N–H and O–H groups in total. The van der Waals surface area contributed by atoms with Crippen molar-refractivity contribution >= 4 is 41.6 Å². The van der Waals surface area contributed by atoms with E-state index in [9.17, 15) is 39.0 Å². The van der Waals surface area contributed by atoms with Crippen LogP contribution >= 0.6 is 0 Å². The van der Waals surface area contributed by atoms with Gasteiger partial charge >= 0.3 is 35.8 Å². The molecule has 0 aromatic heterocycles. The van der Waals surface area contributed by atoms with E-state index in [0.717, 1.165) is 27.7 Å². The van der Waals surface area contributed by atoms with Crippen molar-refractivity contribution in [3.63, 3.8) is 0 Å². The Labute approximate surface area is 311 Å². The minimum Gasteiger partial charge on any atom is -0.462 e. The fourth-order valence-electron chi connectivity index (χ4n) is 12.5. The van der Waals surface area contributed by atoms with Gasteiger partial charge in [0.1, 0.15) is 41.9 Å². The van der Waals surface area contributed by atoms with Gasteiger partial charge in [-0.2, -0.15) is 0 Å². The first-order valence-electron chi connectivity index (χ1n) is 18.4. The maximum absolute atomic E-state index is 15.1. The number of carbonyl (C=O) groups excluding carboxylic acids is 7. The lowest BCUT2D eigenvalue weighted by Gasteiger charge is -2.67. The minimum absolute atomic E-state index is 0.138. The molecule has 5 aliphatic carbocycles. The van der Waals surface area contributed by atoms with Crippen molar-refractivity contribution in [2.45, 2.75) is 130 Å². The number of hydrogen-bond donors (Lipinski definition) is 2. The highest BCUT2D eigenvalue weighted by molar-refractivity contribution is 5.95. The summed E-state index contributed by atoms with van der Waals surface area (Å²) >= 11 is 0. The summed E-state index contributed by atoms with van der Waals surface area (Å²) < 4.78 is 42.1. The highest BCUT2D eigenvalue weighted by Gasteiger charge is 2.86. The molecule has 16 nitrogen and oxygen atoms in total. The summed E-state index contributed by atoms with van der Waals surface area (Å²) in [5.74, 6) is -11.8. The van der Waals surface area contributed by atoms with Crippen LogP contribution in [0.2, 0.25) is 0 Å². The first kappa shape index (κ1) is 38.4. The maximum Gasteiger partial charge on any atom is 0.343 e. The molecule has 0 radical (unpaired) electrons. The number of ketones is 1. The fraction of sp³-hybridized carbons (Fsp3) is 0.763. The molecule has 0 amide bonds. The van der Waals surface area contributed by atoms with Crippen LogP contribution in [0, 0.1) is 51.8 Å². The molecule has 0 aromatic carbocycles. The number of rotatable bonds is 5. The van der Waals surface area contributed by atoms with Gasteiger partial charge in [0.15, 0.2) is 11.7 Å². The second kappa shape index (κ2) is 11.8. The van der Waals surface area contributed by atoms with E-state index < -0.39 is 147 Å². The molecule has 7 rings (SSSR count). The fourth-order valence-corrected chi connectivity index (χ4v) is 12.5. The zero-order valence-corrected chi connectivity index (χ0v) is 31.9. The molecule has 4 saturated carbocycles. The number of carbonyl (C=O) groups is 7. The largest absolute Gasteiger partial charge is 0.462 e. The van der Waals surface area contributed by atoms with E-state index in [4.69, 9.17) is 33.2 Å². The Morgan fingerprint density at radius 1 is 0.722 bits per heavy atom. The highest BCUT2D eigenvalue weighted by atomic mass is 16.6. The van der Waals surface area contributed by atoms with Gasteiger partial charge in [0.25, 0.3) is 0 Å². The van der Waals surface area contributed by atoms with Crippen molar-refractivity contribution < 1.29 is 76.9 Å². The van der Waals surface area contributed by atoms with Gasteiger partial charge < -0.3 is 43.4 Å². The Bertz CT molecular complexity index is 1780. The van der Waals surface area contributed by atoms with Gasteiger partial charge in [-0.05, 0) is 31.8 Å². The SMILES string of the molecule is CC(=O)O[C@@H]1[C@H]2[C@H]3C([C@H](OC(C)=O)[C@H](OC(C)=O)[C@]2(C)[C@@H]2[C@@H]1[C@]1(C)C(=C[C@H]2C)OC(=O)[C@@]1(C)O)[C@@]1(C)[C@@H](OC(C)=O)[C@H]2O[C@H]2C[C@]1(O)C(=O)[C@@H]3OC(C)=O. The number of allylic oxidation sites excluding steroid dienone is 1. The molecule has 2 saturated heterocycles. The number of fused-ring (bicyclic) bond motifs is 10. The van der Waals surface area contributed by atoms with Crippen LogP contribution in [0.5, 0.6) is 0 Å². The molecule has 6 fully saturated rings. The highest BCUT2D eigenvalue weighted by Crippen LogP contribution is 2.76. The van der Waals surface area contributed by atoms with Crippen LogP contribution in [0.25, 0.3) is 0 Å². The Morgan fingerprint density at radius 3 is 1.81 bits per heavy atom. The molecule has 18 atom stereocenters. The minimum atomic E-state index is -2.43. The Morgan fingerprint density at radius 2 is 1.26 bits per heavy atom. The quantitative estimate of drug-likeness (QED) is 0.227. The van der Waals surface area contributed by atoms with Gasteiger partial charge in [0.05, 0.1) is 16.9 Å². The van der Waals surface area contributed by atoms with Gasteiger partial charge in [0, 0.05) is 70.1 Å². The zero-order valence-electron chi connectivity index (χ0n) is 31.9. The Hall–Kier alpha value is -3.89. The molecular weight excluding hydrogens is 712 g/mol. The maximum atomic E-state index is 15.1. The van der Waals surface area contributed by atoms with Gasteiger partial charge in [-0.1, -0.05) is 20.8 Å². The smallest absolute Gasteiger partial charge is 0.343 e. The molecule has 16 heteroatoms. The van der Waals surface area contributed by atoms with E-state index in [1.54, 1.807) is 19.9 Å². The standard InChI is InChI=1S/C38H48O16/c1-13-11-20-35(8,37(10,46)33(45)54-20)25-22(13)34(7)23(28(25)49-15(3)40)21-24(29(50-16(4)41)31(34)51-17(5)42)36(9)32(52-18(6)43)26-19(53-26)12-38(36,47)30(44)27(21)48-14(2)39/h11,13,19,21-29,31-32,46-47H,12H2,1-10H3/t13-,19+,21+,22+,23-,24?,25+,26+,27-,28-,29+,31+,32+,34-,35+,36+,37-,38+/m1/s1. The third-order valence-electron chi connectivity index (χ3n) is 14.5. The van der Waals surface area contributed by atoms with E-state index in [1.165, 1.54) is 20.8 Å². The van der Waals surface area contributed by atoms with Crippen molar-refractivity contribution in [2.75, 3.05) is 0 Å². The zero-order chi connectivity index (χ0) is 40.0. The van der Waals surface area contributed by atoms with Crippen molar-refractivity contribution in [1.82, 2.24) is 0 Å². The van der Waals surface area contributed by atoms with Crippen LogP contribution in [0.4, 0.5) is 0 Å². The topological polar surface area (TPSA) is 228 Å². The first-order chi connectivity index (χ1) is 24.9. The number of hydrogen-bond acceptors (Lipinski definition) is 16. The summed E-state index contributed by atoms with van der Waals surface area (Å²) in [5, 5.41) is 24.8. The van der Waals surface area contributed by atoms with E-state index in [0.29, 0.717) is 0 Å². The molecule has 7 aliphatic rings. The number of esters is 6. The van der Waals surface area contributed by atoms with Gasteiger partial charge in [-0.15, -0.1) is 0 Å². The predicted octanol–water partition coefficient (Wildman–Crippen LogP) is 1.10. The predicted molar refractivity (Wildman–Crippen MR) is 177 cm³/mol. The van der Waals surface area contributed by atoms with Gasteiger partial charge in [-0.3, -0.25) is 28.8 Å². The molecular formula is C38H48O16. The normalized spacial score (nSPS) is 50.6. The molecule has 1 unspecified atom stereocenters. The van der Waals surface area contributed by atoms with Gasteiger partial charge in [0.2, 0.25) is 5.78 Å². The number of Topliss-reactive ketones (excluding diaryl/α,β-unsaturated/α-hetero) is 1. The average Bonchev–Trinajstić information content (AvgIpc) is 3.70. The second-order valence-electron chi connectivity index (χ2n) is 17.2. The number of aliphatic hydroxyl groups is 2. The molecule has 0 bridgehead atoms. The van der Waals surface area contributed by atoms with Gasteiger partial charge in [-0.25, -0.2) is 4.79 Å². The van der Waals surface area contributed by atoms with E-state index >= 15 is 4.79 Å². The third-order valence-corrected chi connectivity index (χ3v) is 14.5. The molecule has 2 heterocycles. The average molecular weight is 761 g/mol. The van der Waals surface area contributed by atoms with Crippen molar-refractivity contribution in [2.24, 2.45) is 51.8 Å². The lowest BCUT2D eigenvalue weighted by molar-refractivity contribution is -0.297. The summed E-state index contributed by atoms with van der Waals surface area (Å²) in [6.45, 7) is 13.7. The lowest BCUT2D eigenvalue weighted by atomic mass is 9.39. The molecule has 0 aromatic rings. The summed E-state index contributed by atoms with van der Waals surface area (Å²) in [7, 11) is 0. The first-order valence-corrected chi connectivity index (χ1v) is 18.4. The molecule has 54 heavy (non-hydrogen) atoms. The number of ether oxygens (including phenoxy) is 7. The van der Waals surface area contributed by atoms with E-state index in [2.05, 4.69) is 0 Å². The van der Waals surface area contributed by atoms with E-state index in [-0.39, 0.29) is 12.2 Å².